The molecule has 0 saturated carbocycles. The number of amides is 1. The first kappa shape index (κ1) is 27.6. The molecule has 25 heavy (non-hydrogen) atoms. The Morgan fingerprint density at radius 3 is 1.60 bits per heavy atom. The molecule has 0 atom stereocenters. The zero-order chi connectivity index (χ0) is 18.1. The van der Waals surface area contributed by atoms with Crippen LogP contribution in [0.15, 0.2) is 0 Å². The van der Waals surface area contributed by atoms with Gasteiger partial charge in [0.2, 0.25) is 5.91 Å². The van der Waals surface area contributed by atoms with Crippen molar-refractivity contribution >= 4 is 16.0 Å². The van der Waals surface area contributed by atoms with Crippen molar-refractivity contribution in [2.24, 2.45) is 0 Å². The van der Waals surface area contributed by atoms with Crippen LogP contribution in [-0.2, 0) is 14.9 Å². The second-order valence-corrected chi connectivity index (χ2v) is 8.13. The molecule has 0 aromatic heterocycles. The first-order valence-electron chi connectivity index (χ1n) is 9.66. The molecule has 0 aliphatic heterocycles. The van der Waals surface area contributed by atoms with Crippen molar-refractivity contribution in [2.75, 3.05) is 12.3 Å². The maximum absolute atomic E-state index is 11.4. The Kier molecular flexibility index (Phi) is 21.1. The molecule has 0 saturated heterocycles. The van der Waals surface area contributed by atoms with Crippen LogP contribution in [0.25, 0.3) is 0 Å². The Balaban J connectivity index is 0. The van der Waals surface area contributed by atoms with Gasteiger partial charge in [-0.1, -0.05) is 84.0 Å². The van der Waals surface area contributed by atoms with E-state index in [0.717, 1.165) is 19.3 Å². The van der Waals surface area contributed by atoms with Crippen molar-refractivity contribution in [3.63, 3.8) is 0 Å². The summed E-state index contributed by atoms with van der Waals surface area (Å²) in [5.74, 6) is -0.695. The molecule has 0 bridgehead atoms. The van der Waals surface area contributed by atoms with E-state index in [1.54, 1.807) is 0 Å². The van der Waals surface area contributed by atoms with Crippen LogP contribution in [0.1, 0.15) is 96.8 Å². The normalized spacial score (nSPS) is 11.1. The number of nitrogens with one attached hydrogen (secondary N) is 1. The molecule has 0 radical (unpaired) electrons. The van der Waals surface area contributed by atoms with Gasteiger partial charge in [-0.25, -0.2) is 8.42 Å². The molecule has 0 rings (SSSR count). The molecule has 0 spiro atoms. The fourth-order valence-electron chi connectivity index (χ4n) is 2.71. The third-order valence-electron chi connectivity index (χ3n) is 4.18. The largest absolute Gasteiger partial charge is 1.00 e. The minimum Gasteiger partial charge on any atom is -0.748 e. The quantitative estimate of drug-likeness (QED) is 0.231. The molecule has 144 valence electrons. The maximum atomic E-state index is 11.4. The van der Waals surface area contributed by atoms with Gasteiger partial charge in [-0.05, 0) is 6.42 Å². The summed E-state index contributed by atoms with van der Waals surface area (Å²) >= 11 is 0. The monoisotopic (exact) mass is 385 g/mol. The van der Waals surface area contributed by atoms with E-state index in [1.807, 2.05) is 0 Å². The molecule has 0 aromatic rings. The topological polar surface area (TPSA) is 86.3 Å². The summed E-state index contributed by atoms with van der Waals surface area (Å²) in [5, 5.41) is 2.46. The van der Waals surface area contributed by atoms with Crippen LogP contribution >= 0.6 is 0 Å². The molecule has 7 heteroatoms. The van der Waals surface area contributed by atoms with E-state index >= 15 is 0 Å². The minimum atomic E-state index is -4.23. The first-order chi connectivity index (χ1) is 11.5. The summed E-state index contributed by atoms with van der Waals surface area (Å²) < 4.78 is 31.2. The molecule has 5 nitrogen and oxygen atoms in total. The van der Waals surface area contributed by atoms with Gasteiger partial charge >= 0.3 is 29.6 Å². The molecule has 1 N–H and O–H groups in total. The number of rotatable bonds is 17. The number of hydrogen-bond acceptors (Lipinski definition) is 4. The van der Waals surface area contributed by atoms with Gasteiger partial charge in [-0.3, -0.25) is 4.79 Å². The average Bonchev–Trinajstić information content (AvgIpc) is 2.50. The van der Waals surface area contributed by atoms with E-state index in [4.69, 9.17) is 0 Å². The number of hydrogen-bond donors (Lipinski definition) is 1. The van der Waals surface area contributed by atoms with Gasteiger partial charge in [0, 0.05) is 13.0 Å². The van der Waals surface area contributed by atoms with Gasteiger partial charge in [-0.15, -0.1) is 0 Å². The second kappa shape index (κ2) is 19.2. The minimum absolute atomic E-state index is 0. The Morgan fingerprint density at radius 2 is 1.20 bits per heavy atom. The summed E-state index contributed by atoms with van der Waals surface area (Å²) in [6.45, 7) is 2.16. The molecular weight excluding hydrogens is 349 g/mol. The Morgan fingerprint density at radius 1 is 0.800 bits per heavy atom. The predicted molar refractivity (Wildman–Crippen MR) is 97.9 cm³/mol. The zero-order valence-corrected chi connectivity index (χ0v) is 19.2. The van der Waals surface area contributed by atoms with Crippen LogP contribution in [0.2, 0.25) is 0 Å². The van der Waals surface area contributed by atoms with Gasteiger partial charge in [0.05, 0.1) is 15.9 Å². The Labute approximate surface area is 177 Å². The predicted octanol–water partition coefficient (Wildman–Crippen LogP) is 1.13. The van der Waals surface area contributed by atoms with Crippen LogP contribution < -0.4 is 34.9 Å². The van der Waals surface area contributed by atoms with Crippen LogP contribution in [0.3, 0.4) is 0 Å². The van der Waals surface area contributed by atoms with Crippen LogP contribution in [0.5, 0.6) is 0 Å². The smallest absolute Gasteiger partial charge is 0.748 e. The molecule has 0 fully saturated rings. The fourth-order valence-corrected chi connectivity index (χ4v) is 3.06. The molecule has 0 heterocycles. The third kappa shape index (κ3) is 24.4. The van der Waals surface area contributed by atoms with Gasteiger partial charge in [0.25, 0.3) is 0 Å². The van der Waals surface area contributed by atoms with Gasteiger partial charge in [-0.2, -0.15) is 0 Å². The van der Waals surface area contributed by atoms with Crippen LogP contribution in [-0.4, -0.2) is 31.2 Å². The standard InChI is InChI=1S/C18H37NO4S.Na/c1-2-3-4-5-6-7-8-9-10-11-12-13-14-15-18(20)19-16-17-24(21,22)23;/h2-17H2,1H3,(H,19,20)(H,21,22,23);/q;+1/p-1. The number of unbranched alkanes of at least 4 members (excludes halogenated alkanes) is 12. The van der Waals surface area contributed by atoms with E-state index < -0.39 is 15.9 Å². The van der Waals surface area contributed by atoms with E-state index in [9.17, 15) is 17.8 Å². The third-order valence-corrected chi connectivity index (χ3v) is 4.89. The first-order valence-corrected chi connectivity index (χ1v) is 11.2. The average molecular weight is 386 g/mol. The van der Waals surface area contributed by atoms with Crippen molar-refractivity contribution < 1.29 is 47.3 Å². The van der Waals surface area contributed by atoms with Gasteiger partial charge < -0.3 is 9.87 Å². The van der Waals surface area contributed by atoms with Gasteiger partial charge in [0.1, 0.15) is 0 Å². The van der Waals surface area contributed by atoms with Crippen molar-refractivity contribution in [3.8, 4) is 0 Å². The van der Waals surface area contributed by atoms with Crippen LogP contribution in [0, 0.1) is 0 Å². The van der Waals surface area contributed by atoms with E-state index in [2.05, 4.69) is 12.2 Å². The summed E-state index contributed by atoms with van der Waals surface area (Å²) in [6, 6.07) is 0. The zero-order valence-electron chi connectivity index (χ0n) is 16.4. The molecule has 0 aliphatic carbocycles. The van der Waals surface area contributed by atoms with Crippen LogP contribution in [0.4, 0.5) is 0 Å². The maximum Gasteiger partial charge on any atom is 1.00 e. The summed E-state index contributed by atoms with van der Waals surface area (Å²) in [7, 11) is -4.23. The molecule has 0 aromatic carbocycles. The summed E-state index contributed by atoms with van der Waals surface area (Å²) in [5.41, 5.74) is 0. The van der Waals surface area contributed by atoms with Crippen molar-refractivity contribution in [3.05, 3.63) is 0 Å². The number of carbonyl (C=O) groups excluding carboxylic acids is 1. The summed E-state index contributed by atoms with van der Waals surface area (Å²) in [4.78, 5) is 11.4. The van der Waals surface area contributed by atoms with Gasteiger partial charge in [0.15, 0.2) is 0 Å². The Hall–Kier alpha value is 0.380. The molecular formula is C18H36NNaO4S. The number of carbonyl (C=O) groups is 1. The van der Waals surface area contributed by atoms with E-state index in [1.165, 1.54) is 64.2 Å². The molecule has 1 amide bonds. The van der Waals surface area contributed by atoms with Crippen molar-refractivity contribution in [2.45, 2.75) is 96.8 Å². The SMILES string of the molecule is CCCCCCCCCCCCCCCC(=O)NCCS(=O)(=O)[O-].[Na+]. The van der Waals surface area contributed by atoms with E-state index in [0.29, 0.717) is 6.42 Å². The summed E-state index contributed by atoms with van der Waals surface area (Å²) in [6.07, 6.45) is 16.8. The van der Waals surface area contributed by atoms with E-state index in [-0.39, 0.29) is 42.0 Å². The molecule has 0 aliphatic rings. The van der Waals surface area contributed by atoms with Crippen molar-refractivity contribution in [1.82, 2.24) is 5.32 Å². The molecule has 0 unspecified atom stereocenters. The van der Waals surface area contributed by atoms with Crippen molar-refractivity contribution in [1.29, 1.82) is 0 Å². The fraction of sp³-hybridized carbons (Fsp3) is 0.944. The second-order valence-electron chi connectivity index (χ2n) is 6.60. The Bertz CT molecular complexity index is 402.